The van der Waals surface area contributed by atoms with E-state index in [1.165, 1.54) is 26.9 Å². The van der Waals surface area contributed by atoms with Crippen LogP contribution < -0.4 is 0 Å². The van der Waals surface area contributed by atoms with Gasteiger partial charge in [0.05, 0.1) is 77.6 Å². The normalized spacial score (nSPS) is 11.9. The molecule has 0 unspecified atom stereocenters. The molecule has 12 nitrogen and oxygen atoms in total. The minimum absolute atomic E-state index is 0.578. The molecule has 614 valence electrons. The molecule has 8 aromatic heterocycles. The quantitative estimate of drug-likeness (QED) is 0.107. The van der Waals surface area contributed by atoms with Crippen LogP contribution >= 0.6 is 0 Å². The Balaban J connectivity index is 0.555. The van der Waals surface area contributed by atoms with Gasteiger partial charge in [0.25, 0.3) is 0 Å². The van der Waals surface area contributed by atoms with E-state index in [1.54, 1.807) is 0 Å². The number of hydrogen-bond donors (Lipinski definition) is 0. The molecule has 0 saturated heterocycles. The van der Waals surface area contributed by atoms with Crippen molar-refractivity contribution in [2.24, 2.45) is 0 Å². The molecule has 0 fully saturated rings. The van der Waals surface area contributed by atoms with Gasteiger partial charge in [-0.1, -0.05) is 303 Å². The molecule has 0 atom stereocenters. The zero-order valence-corrected chi connectivity index (χ0v) is 71.1. The topological polar surface area (TPSA) is 107 Å². The highest BCUT2D eigenvalue weighted by atomic mass is 15.1. The van der Waals surface area contributed by atoms with E-state index in [1.807, 2.05) is 78.9 Å². The first-order valence-electron chi connectivity index (χ1n) is 44.7. The summed E-state index contributed by atoms with van der Waals surface area (Å²) >= 11 is 0. The van der Waals surface area contributed by atoms with E-state index >= 15 is 0 Å². The Morgan fingerprint density at radius 2 is 0.356 bits per heavy atom. The van der Waals surface area contributed by atoms with Crippen molar-refractivity contribution < 1.29 is 0 Å². The molecule has 12 heteroatoms. The van der Waals surface area contributed by atoms with Crippen LogP contribution in [0, 0.1) is 0 Å². The first kappa shape index (κ1) is 74.3. The number of para-hydroxylation sites is 9. The SMILES string of the molecule is c1ccc(-c2nc(-c3ccc(-c4cccc(-c5ccc6c(c5)c5ccccc5n6-c5cc6c7ccccc7n(-c7ccc(-c8nc(-c9ccccc9)nc(-c9ccccc9)n8)cc7)c6c6c5c5ccccc5n6-c5ccccc5)c4)cc3)nc(-c3ccc(-n4c5ccccc5c5cc(-n6c7ccccc7c7ccccc76)c6c7ccccc7n(-c7ccccc7)c6c54)cc3)n2)cc1. The van der Waals surface area contributed by atoms with Crippen molar-refractivity contribution in [2.75, 3.05) is 0 Å². The third kappa shape index (κ3) is 11.7. The van der Waals surface area contributed by atoms with Gasteiger partial charge >= 0.3 is 0 Å². The summed E-state index contributed by atoms with van der Waals surface area (Å²) < 4.78 is 14.9. The van der Waals surface area contributed by atoms with Crippen LogP contribution in [0.1, 0.15) is 0 Å². The summed E-state index contributed by atoms with van der Waals surface area (Å²) in [5, 5.41) is 14.0. The predicted octanol–water partition coefficient (Wildman–Crippen LogP) is 30.0. The van der Waals surface area contributed by atoms with Crippen LogP contribution in [-0.2, 0) is 0 Å². The number of hydrogen-bond acceptors (Lipinski definition) is 6. The van der Waals surface area contributed by atoms with Gasteiger partial charge in [0.15, 0.2) is 34.9 Å². The molecule has 19 aromatic carbocycles. The van der Waals surface area contributed by atoms with Gasteiger partial charge in [0.1, 0.15) is 0 Å². The van der Waals surface area contributed by atoms with Crippen molar-refractivity contribution in [2.45, 2.75) is 0 Å². The third-order valence-corrected chi connectivity index (χ3v) is 26.7. The summed E-state index contributed by atoms with van der Waals surface area (Å²) in [5.74, 6) is 3.60. The lowest BCUT2D eigenvalue weighted by molar-refractivity contribution is 1.07. The molecule has 0 amide bonds. The Morgan fingerprint density at radius 3 is 0.720 bits per heavy atom. The Kier molecular flexibility index (Phi) is 16.8. The molecule has 0 aliphatic rings. The van der Waals surface area contributed by atoms with Crippen molar-refractivity contribution in [3.05, 3.63) is 449 Å². The lowest BCUT2D eigenvalue weighted by Gasteiger charge is -2.16. The summed E-state index contributed by atoms with van der Waals surface area (Å²) in [6.07, 6.45) is 0. The molecular weight excluding hydrogens is 1610 g/mol. The van der Waals surface area contributed by atoms with Crippen molar-refractivity contribution in [1.29, 1.82) is 0 Å². The van der Waals surface area contributed by atoms with Crippen LogP contribution in [0.3, 0.4) is 0 Å². The van der Waals surface area contributed by atoms with Gasteiger partial charge in [-0.25, -0.2) is 29.9 Å². The van der Waals surface area contributed by atoms with Gasteiger partial charge in [-0.2, -0.15) is 0 Å². The standard InChI is InChI=1S/C120H74N12/c1-6-31-76(32-7-1)115-121-116(77-33-8-2-9-34-77)124-119(123-115)80-61-66-87(67-62-80)128-100-51-24-20-47-93(100)98-74-108(110-95-49-22-29-56-105(95)130(114(110)112(98)128)86-41-14-5-15-42-86)132-103-54-27-18-45-91(103)96-72-84(65-70-106(96)132)83-38-30-37-82(71-83)75-57-59-79(60-58-75)118-122-117(78-35-10-3-11-36-78)125-120(126-118)81-63-68-88(69-64-81)127-99-50-23-19-46-92(99)97-73-107(131-101-52-25-16-43-89(101)90-44-17-26-53-102(90)131)109-94-48-21-28-55-104(94)129(113(109)111(97)127)85-39-12-4-13-40-85/h1-74H. The maximum atomic E-state index is 5.37. The van der Waals surface area contributed by atoms with E-state index in [9.17, 15) is 0 Å². The molecule has 27 rings (SSSR count). The second-order valence-corrected chi connectivity index (χ2v) is 34.0. The molecule has 0 spiro atoms. The third-order valence-electron chi connectivity index (χ3n) is 26.7. The van der Waals surface area contributed by atoms with Gasteiger partial charge in [-0.15, -0.1) is 0 Å². The molecule has 0 aliphatic heterocycles. The van der Waals surface area contributed by atoms with Gasteiger partial charge < -0.3 is 27.4 Å². The van der Waals surface area contributed by atoms with Gasteiger partial charge in [-0.3, -0.25) is 0 Å². The van der Waals surface area contributed by atoms with Crippen LogP contribution in [0.4, 0.5) is 0 Å². The largest absolute Gasteiger partial charge is 0.309 e. The highest BCUT2D eigenvalue weighted by Crippen LogP contribution is 2.51. The fourth-order valence-corrected chi connectivity index (χ4v) is 20.8. The molecule has 0 bridgehead atoms. The van der Waals surface area contributed by atoms with E-state index in [0.717, 1.165) is 194 Å². The fraction of sp³-hybridized carbons (Fsp3) is 0. The zero-order valence-electron chi connectivity index (χ0n) is 71.1. The molecule has 27 aromatic rings. The number of nitrogens with zero attached hydrogens (tertiary/aromatic N) is 12. The van der Waals surface area contributed by atoms with Crippen LogP contribution in [0.2, 0.25) is 0 Å². The highest BCUT2D eigenvalue weighted by Gasteiger charge is 2.31. The minimum atomic E-state index is 0.578. The van der Waals surface area contributed by atoms with Gasteiger partial charge in [-0.05, 0) is 168 Å². The van der Waals surface area contributed by atoms with Crippen molar-refractivity contribution in [1.82, 2.24) is 57.3 Å². The molecular formula is C120H74N12. The maximum absolute atomic E-state index is 5.37. The molecule has 0 N–H and O–H groups in total. The van der Waals surface area contributed by atoms with E-state index in [2.05, 4.69) is 397 Å². The highest BCUT2D eigenvalue weighted by molar-refractivity contribution is 6.30. The Morgan fingerprint density at radius 1 is 0.129 bits per heavy atom. The first-order valence-corrected chi connectivity index (χ1v) is 44.7. The summed E-state index contributed by atoms with van der Waals surface area (Å²) in [7, 11) is 0. The number of fused-ring (bicyclic) bond motifs is 20. The second-order valence-electron chi connectivity index (χ2n) is 34.0. The van der Waals surface area contributed by atoms with E-state index in [-0.39, 0.29) is 0 Å². The van der Waals surface area contributed by atoms with Crippen LogP contribution in [0.5, 0.6) is 0 Å². The van der Waals surface area contributed by atoms with Gasteiger partial charge in [0, 0.05) is 121 Å². The molecule has 0 aliphatic carbocycles. The average molecular weight is 1680 g/mol. The summed E-state index contributed by atoms with van der Waals surface area (Å²) in [5.41, 5.74) is 29.6. The summed E-state index contributed by atoms with van der Waals surface area (Å²) in [4.78, 5) is 31.2. The van der Waals surface area contributed by atoms with Crippen molar-refractivity contribution in [3.8, 4) is 125 Å². The minimum Gasteiger partial charge on any atom is -0.309 e. The Bertz CT molecular complexity index is 9240. The Labute approximate surface area is 756 Å². The smallest absolute Gasteiger partial charge is 0.164 e. The van der Waals surface area contributed by atoms with E-state index < -0.39 is 0 Å². The first-order chi connectivity index (χ1) is 65.5. The number of benzene rings is 19. The summed E-state index contributed by atoms with van der Waals surface area (Å²) in [6, 6.07) is 161. The van der Waals surface area contributed by atoms with Crippen molar-refractivity contribution in [3.63, 3.8) is 0 Å². The molecule has 132 heavy (non-hydrogen) atoms. The maximum Gasteiger partial charge on any atom is 0.164 e. The van der Waals surface area contributed by atoms with Crippen LogP contribution in [0.15, 0.2) is 449 Å². The second kappa shape index (κ2) is 29.8. The fourth-order valence-electron chi connectivity index (χ4n) is 20.8. The Hall–Kier alpha value is -18.0. The monoisotopic (exact) mass is 1680 g/mol. The van der Waals surface area contributed by atoms with Crippen molar-refractivity contribution >= 4 is 131 Å². The van der Waals surface area contributed by atoms with E-state index in [4.69, 9.17) is 29.9 Å². The number of aromatic nitrogens is 12. The number of rotatable bonds is 14. The summed E-state index contributed by atoms with van der Waals surface area (Å²) in [6.45, 7) is 0. The lowest BCUT2D eigenvalue weighted by Crippen LogP contribution is -2.02. The molecule has 0 saturated carbocycles. The molecule has 8 heterocycles. The van der Waals surface area contributed by atoms with Gasteiger partial charge in [0.2, 0.25) is 0 Å². The van der Waals surface area contributed by atoms with Crippen LogP contribution in [-0.4, -0.2) is 57.3 Å². The van der Waals surface area contributed by atoms with E-state index in [0.29, 0.717) is 34.9 Å². The van der Waals surface area contributed by atoms with Crippen LogP contribution in [0.25, 0.3) is 256 Å². The predicted molar refractivity (Wildman–Crippen MR) is 543 cm³/mol. The average Bonchev–Trinajstić information content (AvgIpc) is 1.53. The molecule has 0 radical (unpaired) electrons. The zero-order chi connectivity index (χ0) is 86.6. The lowest BCUT2D eigenvalue weighted by atomic mass is 9.97.